The summed E-state index contributed by atoms with van der Waals surface area (Å²) < 4.78 is 4.94. The van der Waals surface area contributed by atoms with Gasteiger partial charge in [-0.2, -0.15) is 0 Å². The predicted octanol–water partition coefficient (Wildman–Crippen LogP) is 3.30. The Balaban J connectivity index is 2.37. The van der Waals surface area contributed by atoms with Gasteiger partial charge in [0.25, 0.3) is 0 Å². The van der Waals surface area contributed by atoms with Crippen molar-refractivity contribution in [3.05, 3.63) is 12.2 Å². The van der Waals surface area contributed by atoms with Crippen molar-refractivity contribution in [2.75, 3.05) is 19.7 Å². The van der Waals surface area contributed by atoms with Crippen molar-refractivity contribution in [1.29, 1.82) is 0 Å². The van der Waals surface area contributed by atoms with E-state index in [1.54, 1.807) is 0 Å². The number of carbonyl (C=O) groups is 1. The monoisotopic (exact) mass is 267 g/mol. The van der Waals surface area contributed by atoms with Crippen LogP contribution in [0.15, 0.2) is 12.2 Å². The van der Waals surface area contributed by atoms with Gasteiger partial charge in [0.2, 0.25) is 0 Å². The largest absolute Gasteiger partial charge is 0.463 e. The van der Waals surface area contributed by atoms with Crippen molar-refractivity contribution in [3.8, 4) is 0 Å². The van der Waals surface area contributed by atoms with Gasteiger partial charge in [0, 0.05) is 18.7 Å². The molecule has 1 saturated carbocycles. The molecule has 110 valence electrons. The lowest BCUT2D eigenvalue weighted by Crippen LogP contribution is -2.35. The van der Waals surface area contributed by atoms with E-state index in [0.29, 0.717) is 24.1 Å². The molecule has 3 nitrogen and oxygen atoms in total. The quantitative estimate of drug-likeness (QED) is 0.541. The van der Waals surface area contributed by atoms with Crippen LogP contribution in [-0.4, -0.2) is 25.7 Å². The molecule has 3 heteroatoms. The molecule has 0 saturated heterocycles. The van der Waals surface area contributed by atoms with Gasteiger partial charge in [-0.05, 0) is 37.5 Å². The van der Waals surface area contributed by atoms with Gasteiger partial charge in [-0.25, -0.2) is 4.79 Å². The van der Waals surface area contributed by atoms with Gasteiger partial charge in [0.15, 0.2) is 0 Å². The summed E-state index contributed by atoms with van der Waals surface area (Å²) in [6.45, 7) is 12.1. The lowest BCUT2D eigenvalue weighted by Gasteiger charge is -2.31. The Morgan fingerprint density at radius 2 is 2.00 bits per heavy atom. The molecular formula is C16H29NO2. The van der Waals surface area contributed by atoms with Crippen LogP contribution in [0.5, 0.6) is 0 Å². The Bertz CT molecular complexity index is 304. The summed E-state index contributed by atoms with van der Waals surface area (Å²) in [4.78, 5) is 11.5. The number of carbonyl (C=O) groups excluding carboxylic acids is 1. The molecule has 1 N–H and O–H groups in total. The van der Waals surface area contributed by atoms with Gasteiger partial charge < -0.3 is 10.1 Å². The Kier molecular flexibility index (Phi) is 6.56. The lowest BCUT2D eigenvalue weighted by molar-refractivity contribution is -0.138. The third-order valence-corrected chi connectivity index (χ3v) is 3.91. The summed E-state index contributed by atoms with van der Waals surface area (Å²) in [5.41, 5.74) is 0.961. The van der Waals surface area contributed by atoms with Gasteiger partial charge in [0.05, 0.1) is 6.61 Å². The first-order valence-electron chi connectivity index (χ1n) is 7.55. The highest BCUT2D eigenvalue weighted by Gasteiger charge is 2.33. The zero-order valence-corrected chi connectivity index (χ0v) is 12.8. The highest BCUT2D eigenvalue weighted by Crippen LogP contribution is 2.42. The summed E-state index contributed by atoms with van der Waals surface area (Å²) >= 11 is 0. The molecule has 0 heterocycles. The average molecular weight is 267 g/mol. The summed E-state index contributed by atoms with van der Waals surface area (Å²) in [6, 6.07) is 0. The Hall–Kier alpha value is -0.830. The van der Waals surface area contributed by atoms with E-state index < -0.39 is 0 Å². The topological polar surface area (TPSA) is 38.3 Å². The van der Waals surface area contributed by atoms with E-state index in [1.807, 2.05) is 6.92 Å². The fourth-order valence-electron chi connectivity index (χ4n) is 3.23. The molecule has 0 spiro atoms. The number of hydrogen-bond donors (Lipinski definition) is 1. The minimum Gasteiger partial charge on any atom is -0.463 e. The minimum atomic E-state index is -0.278. The first-order chi connectivity index (χ1) is 8.99. The summed E-state index contributed by atoms with van der Waals surface area (Å²) in [6.07, 6.45) is 6.57. The molecule has 19 heavy (non-hydrogen) atoms. The van der Waals surface area contributed by atoms with Crippen LogP contribution >= 0.6 is 0 Å². The molecule has 0 bridgehead atoms. The number of rotatable bonds is 8. The second-order valence-electron chi connectivity index (χ2n) is 6.23. The number of ether oxygens (including phenoxy) is 1. The summed E-state index contributed by atoms with van der Waals surface area (Å²) in [5.74, 6) is 0.451. The Morgan fingerprint density at radius 3 is 2.53 bits per heavy atom. The van der Waals surface area contributed by atoms with E-state index in [1.165, 1.54) is 32.1 Å². The van der Waals surface area contributed by atoms with E-state index in [-0.39, 0.29) is 5.97 Å². The van der Waals surface area contributed by atoms with Crippen LogP contribution in [0.25, 0.3) is 0 Å². The van der Waals surface area contributed by atoms with E-state index in [2.05, 4.69) is 25.7 Å². The van der Waals surface area contributed by atoms with Crippen molar-refractivity contribution in [2.24, 2.45) is 11.3 Å². The second-order valence-corrected chi connectivity index (χ2v) is 6.23. The van der Waals surface area contributed by atoms with E-state index in [0.717, 1.165) is 12.5 Å². The summed E-state index contributed by atoms with van der Waals surface area (Å²) in [5, 5.41) is 3.41. The zero-order valence-electron chi connectivity index (χ0n) is 12.8. The highest BCUT2D eigenvalue weighted by molar-refractivity contribution is 5.88. The van der Waals surface area contributed by atoms with Gasteiger partial charge in [-0.15, -0.1) is 0 Å². The van der Waals surface area contributed by atoms with E-state index in [4.69, 9.17) is 4.74 Å². The number of esters is 1. The average Bonchev–Trinajstić information content (AvgIpc) is 2.77. The molecule has 0 aromatic heterocycles. The minimum absolute atomic E-state index is 0.278. The molecule has 1 rings (SSSR count). The predicted molar refractivity (Wildman–Crippen MR) is 79.0 cm³/mol. The fourth-order valence-corrected chi connectivity index (χ4v) is 3.23. The van der Waals surface area contributed by atoms with Crippen molar-refractivity contribution in [3.63, 3.8) is 0 Å². The van der Waals surface area contributed by atoms with Crippen LogP contribution in [0.4, 0.5) is 0 Å². The summed E-state index contributed by atoms with van der Waals surface area (Å²) in [7, 11) is 0. The molecule has 0 atom stereocenters. The molecular weight excluding hydrogens is 238 g/mol. The van der Waals surface area contributed by atoms with Crippen LogP contribution in [0.3, 0.4) is 0 Å². The molecule has 0 amide bonds. The van der Waals surface area contributed by atoms with E-state index in [9.17, 15) is 4.79 Å². The maximum absolute atomic E-state index is 11.5. The third kappa shape index (κ3) is 5.35. The van der Waals surface area contributed by atoms with Crippen LogP contribution in [0, 0.1) is 11.3 Å². The maximum atomic E-state index is 11.5. The van der Waals surface area contributed by atoms with Crippen LogP contribution in [0.1, 0.15) is 52.9 Å². The lowest BCUT2D eigenvalue weighted by atomic mass is 9.78. The van der Waals surface area contributed by atoms with Crippen molar-refractivity contribution >= 4 is 5.97 Å². The first kappa shape index (κ1) is 16.2. The van der Waals surface area contributed by atoms with Gasteiger partial charge in [-0.3, -0.25) is 0 Å². The standard InChI is InChI=1S/C16H29NO2/c1-5-19-15(18)14(4)11-17-12-16(10-13(2)3)8-6-7-9-16/h13,17H,4-12H2,1-3H3. The molecule has 0 radical (unpaired) electrons. The third-order valence-electron chi connectivity index (χ3n) is 3.91. The normalized spacial score (nSPS) is 17.7. The van der Waals surface area contributed by atoms with Gasteiger partial charge in [0.1, 0.15) is 0 Å². The van der Waals surface area contributed by atoms with E-state index >= 15 is 0 Å². The van der Waals surface area contributed by atoms with Crippen LogP contribution in [0.2, 0.25) is 0 Å². The molecule has 0 unspecified atom stereocenters. The molecule has 0 aliphatic heterocycles. The van der Waals surface area contributed by atoms with Gasteiger partial charge >= 0.3 is 5.97 Å². The first-order valence-corrected chi connectivity index (χ1v) is 7.55. The molecule has 0 aromatic carbocycles. The number of hydrogen-bond acceptors (Lipinski definition) is 3. The van der Waals surface area contributed by atoms with Crippen LogP contribution < -0.4 is 5.32 Å². The SMILES string of the molecule is C=C(CNCC1(CC(C)C)CCCC1)C(=O)OCC. The van der Waals surface area contributed by atoms with Crippen molar-refractivity contribution < 1.29 is 9.53 Å². The van der Waals surface area contributed by atoms with Crippen molar-refractivity contribution in [2.45, 2.75) is 52.9 Å². The zero-order chi connectivity index (χ0) is 14.3. The van der Waals surface area contributed by atoms with Crippen LogP contribution in [-0.2, 0) is 9.53 Å². The molecule has 0 aromatic rings. The smallest absolute Gasteiger partial charge is 0.334 e. The Morgan fingerprint density at radius 1 is 1.37 bits per heavy atom. The number of nitrogens with one attached hydrogen (secondary N) is 1. The molecule has 1 fully saturated rings. The molecule has 1 aliphatic rings. The second kappa shape index (κ2) is 7.68. The molecule has 1 aliphatic carbocycles. The van der Waals surface area contributed by atoms with Gasteiger partial charge in [-0.1, -0.05) is 33.3 Å². The fraction of sp³-hybridized carbons (Fsp3) is 0.812. The maximum Gasteiger partial charge on any atom is 0.334 e. The highest BCUT2D eigenvalue weighted by atomic mass is 16.5. The van der Waals surface area contributed by atoms with Crippen molar-refractivity contribution in [1.82, 2.24) is 5.32 Å². The Labute approximate surface area is 117 Å².